The second-order valence-corrected chi connectivity index (χ2v) is 2.38. The topological polar surface area (TPSA) is 0 Å². The molecule has 2 heteroatoms. The summed E-state index contributed by atoms with van der Waals surface area (Å²) in [5.74, 6) is 0. The summed E-state index contributed by atoms with van der Waals surface area (Å²) in [5.41, 5.74) is 2.07. The lowest BCUT2D eigenvalue weighted by molar-refractivity contribution is 1.67. The summed E-state index contributed by atoms with van der Waals surface area (Å²) < 4.78 is 0. The standard InChI is InChI=1S/C8H6S2/c9-5-7-2-1-3-8(4-7)6-10/h1-6H. The zero-order valence-corrected chi connectivity index (χ0v) is 6.91. The van der Waals surface area contributed by atoms with Gasteiger partial charge in [-0.05, 0) is 17.2 Å². The van der Waals surface area contributed by atoms with Crippen molar-refractivity contribution in [3.8, 4) is 0 Å². The van der Waals surface area contributed by atoms with Crippen LogP contribution in [-0.4, -0.2) is 10.7 Å². The van der Waals surface area contributed by atoms with Crippen LogP contribution < -0.4 is 0 Å². The molecule has 0 saturated carbocycles. The fourth-order valence-electron chi connectivity index (χ4n) is 0.706. The van der Waals surface area contributed by atoms with Crippen LogP contribution in [0.3, 0.4) is 0 Å². The Morgan fingerprint density at radius 1 is 1.00 bits per heavy atom. The van der Waals surface area contributed by atoms with Crippen molar-refractivity contribution in [2.24, 2.45) is 0 Å². The monoisotopic (exact) mass is 166 g/mol. The van der Waals surface area contributed by atoms with Gasteiger partial charge >= 0.3 is 0 Å². The lowest BCUT2D eigenvalue weighted by atomic mass is 10.2. The minimum absolute atomic E-state index is 1.04. The van der Waals surface area contributed by atoms with Crippen LogP contribution in [-0.2, 0) is 0 Å². The van der Waals surface area contributed by atoms with Crippen molar-refractivity contribution < 1.29 is 0 Å². The second-order valence-electron chi connectivity index (χ2n) is 1.91. The fraction of sp³-hybridized carbons (Fsp3) is 0. The van der Waals surface area contributed by atoms with Gasteiger partial charge in [0, 0.05) is 10.7 Å². The molecule has 0 heterocycles. The maximum Gasteiger partial charge on any atom is 0.00863 e. The molecule has 0 N–H and O–H groups in total. The molecule has 1 aromatic rings. The molecule has 0 radical (unpaired) electrons. The molecule has 0 aromatic heterocycles. The first-order valence-electron chi connectivity index (χ1n) is 2.87. The van der Waals surface area contributed by atoms with Crippen LogP contribution in [0.2, 0.25) is 0 Å². The van der Waals surface area contributed by atoms with E-state index in [-0.39, 0.29) is 0 Å². The highest BCUT2D eigenvalue weighted by Gasteiger charge is 1.86. The van der Waals surface area contributed by atoms with Crippen molar-refractivity contribution in [3.63, 3.8) is 0 Å². The molecule has 0 aliphatic rings. The third-order valence-corrected chi connectivity index (χ3v) is 1.73. The zero-order valence-electron chi connectivity index (χ0n) is 5.28. The van der Waals surface area contributed by atoms with Gasteiger partial charge in [-0.1, -0.05) is 42.6 Å². The molecule has 0 saturated heterocycles. The van der Waals surface area contributed by atoms with Gasteiger partial charge in [-0.2, -0.15) is 0 Å². The molecule has 1 aromatic carbocycles. The zero-order chi connectivity index (χ0) is 7.40. The summed E-state index contributed by atoms with van der Waals surface area (Å²) in [5, 5.41) is 3.28. The van der Waals surface area contributed by atoms with Gasteiger partial charge in [0.05, 0.1) is 0 Å². The number of rotatable bonds is 2. The second kappa shape index (κ2) is 3.54. The molecule has 0 spiro atoms. The van der Waals surface area contributed by atoms with Gasteiger partial charge in [0.2, 0.25) is 0 Å². The molecular formula is C8H6S2. The molecule has 0 fully saturated rings. The van der Waals surface area contributed by atoms with Crippen LogP contribution in [0, 0.1) is 0 Å². The van der Waals surface area contributed by atoms with Gasteiger partial charge in [0.15, 0.2) is 0 Å². The van der Waals surface area contributed by atoms with E-state index in [1.165, 1.54) is 0 Å². The molecule has 10 heavy (non-hydrogen) atoms. The SMILES string of the molecule is S=Cc1cccc(C=S)c1. The average Bonchev–Trinajstić information content (AvgIpc) is 2.05. The predicted octanol–water partition coefficient (Wildman–Crippen LogP) is 2.38. The highest BCUT2D eigenvalue weighted by atomic mass is 32.1. The van der Waals surface area contributed by atoms with E-state index in [0.29, 0.717) is 0 Å². The fourth-order valence-corrected chi connectivity index (χ4v) is 0.999. The third-order valence-electron chi connectivity index (χ3n) is 1.18. The van der Waals surface area contributed by atoms with Gasteiger partial charge in [0.25, 0.3) is 0 Å². The molecule has 0 amide bonds. The Bertz CT molecular complexity index is 230. The minimum Gasteiger partial charge on any atom is -0.0881 e. The highest BCUT2D eigenvalue weighted by molar-refractivity contribution is 7.79. The van der Waals surface area contributed by atoms with Gasteiger partial charge < -0.3 is 0 Å². The molecule has 0 bridgehead atoms. The molecule has 0 aliphatic carbocycles. The Morgan fingerprint density at radius 2 is 1.50 bits per heavy atom. The molecular weight excluding hydrogens is 160 g/mol. The van der Waals surface area contributed by atoms with Crippen LogP contribution in [0.25, 0.3) is 0 Å². The maximum absolute atomic E-state index is 4.75. The van der Waals surface area contributed by atoms with Crippen molar-refractivity contribution in [2.75, 3.05) is 0 Å². The van der Waals surface area contributed by atoms with E-state index < -0.39 is 0 Å². The molecule has 0 nitrogen and oxygen atoms in total. The van der Waals surface area contributed by atoms with E-state index in [0.717, 1.165) is 11.1 Å². The van der Waals surface area contributed by atoms with Crippen LogP contribution in [0.5, 0.6) is 0 Å². The maximum atomic E-state index is 4.75. The van der Waals surface area contributed by atoms with E-state index in [2.05, 4.69) is 0 Å². The van der Waals surface area contributed by atoms with E-state index in [4.69, 9.17) is 24.4 Å². The molecule has 50 valence electrons. The van der Waals surface area contributed by atoms with Crippen molar-refractivity contribution in [1.29, 1.82) is 0 Å². The average molecular weight is 166 g/mol. The summed E-state index contributed by atoms with van der Waals surface area (Å²) in [4.78, 5) is 0. The van der Waals surface area contributed by atoms with E-state index in [1.807, 2.05) is 24.3 Å². The van der Waals surface area contributed by atoms with Crippen molar-refractivity contribution in [3.05, 3.63) is 35.4 Å². The molecule has 0 unspecified atom stereocenters. The third kappa shape index (κ3) is 1.69. The Hall–Kier alpha value is -0.600. The molecule has 1 rings (SSSR count). The summed E-state index contributed by atoms with van der Waals surface area (Å²) in [6.07, 6.45) is 0. The number of hydrogen-bond acceptors (Lipinski definition) is 2. The molecule has 0 aliphatic heterocycles. The summed E-state index contributed by atoms with van der Waals surface area (Å²) in [7, 11) is 0. The highest BCUT2D eigenvalue weighted by Crippen LogP contribution is 2.00. The van der Waals surface area contributed by atoms with Gasteiger partial charge in [0.1, 0.15) is 0 Å². The summed E-state index contributed by atoms with van der Waals surface area (Å²) in [6, 6.07) is 7.81. The van der Waals surface area contributed by atoms with E-state index >= 15 is 0 Å². The van der Waals surface area contributed by atoms with E-state index in [1.54, 1.807) is 10.7 Å². The van der Waals surface area contributed by atoms with Crippen molar-refractivity contribution >= 4 is 35.2 Å². The summed E-state index contributed by atoms with van der Waals surface area (Å²) in [6.45, 7) is 0. The first-order chi connectivity index (χ1) is 4.86. The number of benzene rings is 1. The first kappa shape index (κ1) is 7.51. The lowest BCUT2D eigenvalue weighted by Gasteiger charge is -1.91. The Balaban J connectivity index is 3.09. The summed E-state index contributed by atoms with van der Waals surface area (Å²) >= 11 is 9.51. The van der Waals surface area contributed by atoms with Crippen LogP contribution in [0.4, 0.5) is 0 Å². The van der Waals surface area contributed by atoms with Crippen LogP contribution >= 0.6 is 24.4 Å². The van der Waals surface area contributed by atoms with Gasteiger partial charge in [-0.3, -0.25) is 0 Å². The number of thiocarbonyl (C=S) groups is 2. The van der Waals surface area contributed by atoms with Crippen LogP contribution in [0.15, 0.2) is 24.3 Å². The number of hydrogen-bond donors (Lipinski definition) is 0. The van der Waals surface area contributed by atoms with Gasteiger partial charge in [-0.25, -0.2) is 0 Å². The Labute approximate surface area is 70.9 Å². The van der Waals surface area contributed by atoms with Crippen molar-refractivity contribution in [2.45, 2.75) is 0 Å². The van der Waals surface area contributed by atoms with Crippen molar-refractivity contribution in [1.82, 2.24) is 0 Å². The Morgan fingerprint density at radius 3 is 1.90 bits per heavy atom. The molecule has 0 atom stereocenters. The largest absolute Gasteiger partial charge is 0.0881 e. The van der Waals surface area contributed by atoms with Gasteiger partial charge in [-0.15, -0.1) is 0 Å². The lowest BCUT2D eigenvalue weighted by Crippen LogP contribution is -1.81. The predicted molar refractivity (Wildman–Crippen MR) is 52.0 cm³/mol. The smallest absolute Gasteiger partial charge is 0.00863 e. The quantitative estimate of drug-likeness (QED) is 0.619. The normalized spacial score (nSPS) is 8.80. The minimum atomic E-state index is 1.04. The van der Waals surface area contributed by atoms with E-state index in [9.17, 15) is 0 Å². The Kier molecular flexibility index (Phi) is 2.66. The van der Waals surface area contributed by atoms with Crippen LogP contribution in [0.1, 0.15) is 11.1 Å². The first-order valence-corrected chi connectivity index (χ1v) is 3.81.